The summed E-state index contributed by atoms with van der Waals surface area (Å²) in [7, 11) is 0. The van der Waals surface area contributed by atoms with Gasteiger partial charge >= 0.3 is 0 Å². The van der Waals surface area contributed by atoms with Crippen molar-refractivity contribution in [3.63, 3.8) is 0 Å². The Labute approximate surface area is 114 Å². The molecule has 4 nitrogen and oxygen atoms in total. The molecule has 3 aromatic rings. The maximum atomic E-state index is 4.35. The van der Waals surface area contributed by atoms with Crippen LogP contribution in [0.25, 0.3) is 10.7 Å². The summed E-state index contributed by atoms with van der Waals surface area (Å²) >= 11 is 6.71. The Hall–Kier alpha value is -1.05. The third kappa shape index (κ3) is 2.46. The maximum absolute atomic E-state index is 4.35. The smallest absolute Gasteiger partial charge is 0.159 e. The van der Waals surface area contributed by atoms with Crippen LogP contribution in [0.15, 0.2) is 32.7 Å². The molecule has 0 aromatic carbocycles. The second kappa shape index (κ2) is 4.67. The fourth-order valence-corrected chi connectivity index (χ4v) is 3.25. The van der Waals surface area contributed by atoms with Gasteiger partial charge in [0.25, 0.3) is 0 Å². The number of tetrazole rings is 1. The van der Waals surface area contributed by atoms with Crippen molar-refractivity contribution in [1.82, 2.24) is 20.2 Å². The molecule has 0 unspecified atom stereocenters. The van der Waals surface area contributed by atoms with Gasteiger partial charge in [0.05, 0.1) is 15.2 Å². The van der Waals surface area contributed by atoms with Crippen LogP contribution < -0.4 is 0 Å². The minimum absolute atomic E-state index is 0.653. The molecule has 3 rings (SSSR count). The Morgan fingerprint density at radius 1 is 1.35 bits per heavy atom. The lowest BCUT2D eigenvalue weighted by Gasteiger charge is -1.93. The van der Waals surface area contributed by atoms with E-state index in [1.807, 2.05) is 17.5 Å². The van der Waals surface area contributed by atoms with Crippen LogP contribution in [0, 0.1) is 0 Å². The standard InChI is InChI=1S/C10H7BrN4S2/c11-9-4-7(6-17-9)5-15-13-10(12-14-15)8-2-1-3-16-8/h1-4,6H,5H2. The van der Waals surface area contributed by atoms with Crippen LogP contribution in [0.1, 0.15) is 5.56 Å². The van der Waals surface area contributed by atoms with Gasteiger partial charge in [0.2, 0.25) is 5.82 Å². The summed E-state index contributed by atoms with van der Waals surface area (Å²) < 4.78 is 1.12. The summed E-state index contributed by atoms with van der Waals surface area (Å²) in [5, 5.41) is 16.5. The largest absolute Gasteiger partial charge is 0.214 e. The van der Waals surface area contributed by atoms with E-state index in [9.17, 15) is 0 Å². The van der Waals surface area contributed by atoms with Crippen LogP contribution in [-0.4, -0.2) is 20.2 Å². The monoisotopic (exact) mass is 326 g/mol. The van der Waals surface area contributed by atoms with Gasteiger partial charge in [-0.05, 0) is 49.6 Å². The minimum atomic E-state index is 0.653. The van der Waals surface area contributed by atoms with Gasteiger partial charge in [-0.2, -0.15) is 4.80 Å². The molecule has 0 aliphatic rings. The third-order valence-corrected chi connectivity index (χ3v) is 4.56. The zero-order chi connectivity index (χ0) is 11.7. The number of hydrogen-bond acceptors (Lipinski definition) is 5. The molecule has 86 valence electrons. The average molecular weight is 327 g/mol. The molecule has 17 heavy (non-hydrogen) atoms. The van der Waals surface area contributed by atoms with Gasteiger partial charge in [-0.1, -0.05) is 6.07 Å². The van der Waals surface area contributed by atoms with E-state index in [2.05, 4.69) is 42.8 Å². The van der Waals surface area contributed by atoms with Gasteiger partial charge in [-0.15, -0.1) is 32.9 Å². The van der Waals surface area contributed by atoms with Crippen molar-refractivity contribution in [2.24, 2.45) is 0 Å². The number of halogens is 1. The van der Waals surface area contributed by atoms with Crippen LogP contribution in [0.4, 0.5) is 0 Å². The molecule has 0 radical (unpaired) electrons. The molecular formula is C10H7BrN4S2. The molecule has 0 atom stereocenters. The highest BCUT2D eigenvalue weighted by Crippen LogP contribution is 2.22. The fourth-order valence-electron chi connectivity index (χ4n) is 1.41. The Kier molecular flexibility index (Phi) is 3.04. The minimum Gasteiger partial charge on any atom is -0.159 e. The molecule has 0 aliphatic carbocycles. The lowest BCUT2D eigenvalue weighted by atomic mass is 10.3. The van der Waals surface area contributed by atoms with Crippen LogP contribution in [0.5, 0.6) is 0 Å². The van der Waals surface area contributed by atoms with E-state index in [0.29, 0.717) is 12.4 Å². The summed E-state index contributed by atoms with van der Waals surface area (Å²) in [5.41, 5.74) is 1.18. The topological polar surface area (TPSA) is 43.6 Å². The van der Waals surface area contributed by atoms with Gasteiger partial charge in [0.1, 0.15) is 0 Å². The van der Waals surface area contributed by atoms with Crippen molar-refractivity contribution in [1.29, 1.82) is 0 Å². The van der Waals surface area contributed by atoms with Crippen molar-refractivity contribution < 1.29 is 0 Å². The quantitative estimate of drug-likeness (QED) is 0.741. The lowest BCUT2D eigenvalue weighted by molar-refractivity contribution is 0.573. The zero-order valence-corrected chi connectivity index (χ0v) is 11.8. The van der Waals surface area contributed by atoms with Crippen molar-refractivity contribution in [2.45, 2.75) is 6.54 Å². The molecule has 3 aromatic heterocycles. The van der Waals surface area contributed by atoms with Crippen molar-refractivity contribution in [2.75, 3.05) is 0 Å². The molecule has 0 N–H and O–H groups in total. The van der Waals surface area contributed by atoms with Crippen LogP contribution in [0.2, 0.25) is 0 Å². The number of aromatic nitrogens is 4. The van der Waals surface area contributed by atoms with E-state index in [4.69, 9.17) is 0 Å². The number of hydrogen-bond donors (Lipinski definition) is 0. The van der Waals surface area contributed by atoms with E-state index >= 15 is 0 Å². The second-order valence-electron chi connectivity index (χ2n) is 3.38. The summed E-state index contributed by atoms with van der Waals surface area (Å²) in [5.74, 6) is 0.689. The first kappa shape index (κ1) is 11.1. The predicted molar refractivity (Wildman–Crippen MR) is 72.3 cm³/mol. The SMILES string of the molecule is Brc1cc(Cn2nnc(-c3cccs3)n2)cs1. The van der Waals surface area contributed by atoms with Gasteiger partial charge < -0.3 is 0 Å². The molecule has 3 heterocycles. The number of rotatable bonds is 3. The van der Waals surface area contributed by atoms with E-state index in [1.165, 1.54) is 5.56 Å². The van der Waals surface area contributed by atoms with E-state index in [-0.39, 0.29) is 0 Å². The predicted octanol–water partition coefficient (Wildman–Crippen LogP) is 3.27. The molecule has 0 fully saturated rings. The highest BCUT2D eigenvalue weighted by Gasteiger charge is 2.07. The molecule has 0 aliphatic heterocycles. The Bertz CT molecular complexity index is 614. The van der Waals surface area contributed by atoms with E-state index < -0.39 is 0 Å². The van der Waals surface area contributed by atoms with Gasteiger partial charge in [-0.3, -0.25) is 0 Å². The van der Waals surface area contributed by atoms with Crippen molar-refractivity contribution in [3.05, 3.63) is 38.3 Å². The Morgan fingerprint density at radius 3 is 3.00 bits per heavy atom. The van der Waals surface area contributed by atoms with Crippen molar-refractivity contribution in [3.8, 4) is 10.7 Å². The average Bonchev–Trinajstić information content (AvgIpc) is 3.00. The van der Waals surface area contributed by atoms with Crippen LogP contribution >= 0.6 is 38.6 Å². The molecule has 0 bridgehead atoms. The van der Waals surface area contributed by atoms with Gasteiger partial charge in [0, 0.05) is 0 Å². The summed E-state index contributed by atoms with van der Waals surface area (Å²) in [4.78, 5) is 2.66. The highest BCUT2D eigenvalue weighted by atomic mass is 79.9. The first-order chi connectivity index (χ1) is 8.31. The van der Waals surface area contributed by atoms with Crippen LogP contribution in [-0.2, 0) is 6.54 Å². The number of thiophene rings is 2. The summed E-state index contributed by atoms with van der Waals surface area (Å²) in [6, 6.07) is 6.04. The zero-order valence-electron chi connectivity index (χ0n) is 8.58. The normalized spacial score (nSPS) is 10.9. The fraction of sp³-hybridized carbons (Fsp3) is 0.100. The molecule has 0 saturated heterocycles. The third-order valence-electron chi connectivity index (χ3n) is 2.14. The number of nitrogens with zero attached hydrogens (tertiary/aromatic N) is 4. The lowest BCUT2D eigenvalue weighted by Crippen LogP contribution is -2.02. The van der Waals surface area contributed by atoms with E-state index in [1.54, 1.807) is 27.5 Å². The molecule has 7 heteroatoms. The first-order valence-corrected chi connectivity index (χ1v) is 7.41. The van der Waals surface area contributed by atoms with Crippen molar-refractivity contribution >= 4 is 38.6 Å². The Morgan fingerprint density at radius 2 is 2.29 bits per heavy atom. The molecule has 0 saturated carbocycles. The Balaban J connectivity index is 1.81. The first-order valence-electron chi connectivity index (χ1n) is 4.86. The second-order valence-corrected chi connectivity index (χ2v) is 6.62. The molecule has 0 spiro atoms. The summed E-state index contributed by atoms with van der Waals surface area (Å²) in [6.45, 7) is 0.653. The maximum Gasteiger partial charge on any atom is 0.214 e. The molecule has 0 amide bonds. The van der Waals surface area contributed by atoms with Crippen LogP contribution in [0.3, 0.4) is 0 Å². The van der Waals surface area contributed by atoms with Gasteiger partial charge in [0.15, 0.2) is 0 Å². The summed E-state index contributed by atoms with van der Waals surface area (Å²) in [6.07, 6.45) is 0. The van der Waals surface area contributed by atoms with E-state index in [0.717, 1.165) is 8.66 Å². The molecular weight excluding hydrogens is 320 g/mol. The highest BCUT2D eigenvalue weighted by molar-refractivity contribution is 9.11. The van der Waals surface area contributed by atoms with Gasteiger partial charge in [-0.25, -0.2) is 0 Å².